The Morgan fingerprint density at radius 1 is 1.14 bits per heavy atom. The Kier molecular flexibility index (Phi) is 6.59. The Morgan fingerprint density at radius 2 is 1.92 bits per heavy atom. The molecule has 186 valence electrons. The van der Waals surface area contributed by atoms with Crippen LogP contribution in [0.1, 0.15) is 22.9 Å². The van der Waals surface area contributed by atoms with Crippen molar-refractivity contribution in [1.29, 1.82) is 0 Å². The molecule has 36 heavy (non-hydrogen) atoms. The molecule has 1 amide bonds. The molecule has 1 aliphatic rings. The smallest absolute Gasteiger partial charge is 0.410 e. The second kappa shape index (κ2) is 9.83. The molecule has 0 spiro atoms. The number of carbonyl (C=O) groups excluding carboxylic acids is 1. The van der Waals surface area contributed by atoms with E-state index in [9.17, 15) is 14.4 Å². The molecule has 4 aromatic rings. The van der Waals surface area contributed by atoms with Gasteiger partial charge in [-0.25, -0.2) is 14.2 Å². The van der Waals surface area contributed by atoms with Crippen molar-refractivity contribution in [3.63, 3.8) is 0 Å². The summed E-state index contributed by atoms with van der Waals surface area (Å²) in [6, 6.07) is 14.1. The highest BCUT2D eigenvalue weighted by Gasteiger charge is 2.29. The van der Waals surface area contributed by atoms with E-state index >= 15 is 0 Å². The quantitative estimate of drug-likeness (QED) is 0.385. The first kappa shape index (κ1) is 24.1. The van der Waals surface area contributed by atoms with Crippen LogP contribution >= 0.6 is 22.9 Å². The minimum Gasteiger partial charge on any atom is -0.497 e. The minimum absolute atomic E-state index is 0.251. The second-order valence-electron chi connectivity index (χ2n) is 8.39. The normalized spacial score (nSPS) is 13.0. The molecule has 0 atom stereocenters. The Labute approximate surface area is 215 Å². The number of amides is 1. The van der Waals surface area contributed by atoms with Crippen LogP contribution in [-0.2, 0) is 24.2 Å². The molecule has 8 nitrogen and oxygen atoms in total. The third-order valence-electron chi connectivity index (χ3n) is 6.21. The summed E-state index contributed by atoms with van der Waals surface area (Å²) in [5.41, 5.74) is 1.36. The number of ether oxygens (including phenoxy) is 2. The van der Waals surface area contributed by atoms with Gasteiger partial charge in [0, 0.05) is 16.4 Å². The number of nitrogens with zero attached hydrogens (tertiary/aromatic N) is 3. The van der Waals surface area contributed by atoms with E-state index < -0.39 is 5.69 Å². The maximum Gasteiger partial charge on any atom is 0.410 e. The molecule has 0 unspecified atom stereocenters. The molecule has 0 saturated heterocycles. The average molecular weight is 526 g/mol. The Morgan fingerprint density at radius 3 is 2.64 bits per heavy atom. The van der Waals surface area contributed by atoms with Crippen LogP contribution < -0.4 is 16.0 Å². The summed E-state index contributed by atoms with van der Waals surface area (Å²) < 4.78 is 13.3. The lowest BCUT2D eigenvalue weighted by Gasteiger charge is -2.25. The van der Waals surface area contributed by atoms with E-state index in [0.717, 1.165) is 16.0 Å². The molecule has 1 aliphatic heterocycles. The van der Waals surface area contributed by atoms with Crippen LogP contribution in [0.25, 0.3) is 15.9 Å². The first-order chi connectivity index (χ1) is 17.4. The number of hydrogen-bond donors (Lipinski definition) is 0. The minimum atomic E-state index is -0.446. The zero-order chi connectivity index (χ0) is 25.4. The number of halogens is 1. The summed E-state index contributed by atoms with van der Waals surface area (Å²) in [7, 11) is 1.59. The average Bonchev–Trinajstić information content (AvgIpc) is 3.27. The first-order valence-electron chi connectivity index (χ1n) is 11.5. The van der Waals surface area contributed by atoms with Gasteiger partial charge in [-0.2, -0.15) is 0 Å². The third-order valence-corrected chi connectivity index (χ3v) is 7.70. The van der Waals surface area contributed by atoms with Crippen LogP contribution in [0.15, 0.2) is 58.1 Å². The molecule has 2 aromatic carbocycles. The number of fused-ring (bicyclic) bond motifs is 3. The predicted octanol–water partition coefficient (Wildman–Crippen LogP) is 4.44. The molecule has 0 N–H and O–H groups in total. The van der Waals surface area contributed by atoms with Gasteiger partial charge in [-0.3, -0.25) is 9.36 Å². The van der Waals surface area contributed by atoms with Gasteiger partial charge >= 0.3 is 11.8 Å². The van der Waals surface area contributed by atoms with Crippen molar-refractivity contribution in [2.75, 3.05) is 20.3 Å². The maximum atomic E-state index is 13.8. The molecular weight excluding hydrogens is 502 g/mol. The molecule has 0 bridgehead atoms. The van der Waals surface area contributed by atoms with E-state index in [1.807, 2.05) is 24.3 Å². The van der Waals surface area contributed by atoms with Crippen molar-refractivity contribution < 1.29 is 14.3 Å². The van der Waals surface area contributed by atoms with Gasteiger partial charge in [0.15, 0.2) is 0 Å². The summed E-state index contributed by atoms with van der Waals surface area (Å²) in [4.78, 5) is 43.0. The molecule has 0 radical (unpaired) electrons. The van der Waals surface area contributed by atoms with E-state index in [1.165, 1.54) is 15.9 Å². The number of rotatable bonds is 5. The van der Waals surface area contributed by atoms with Gasteiger partial charge in [0.05, 0.1) is 37.9 Å². The topological polar surface area (TPSA) is 82.8 Å². The van der Waals surface area contributed by atoms with Crippen LogP contribution in [0.2, 0.25) is 5.02 Å². The van der Waals surface area contributed by atoms with E-state index in [-0.39, 0.29) is 18.2 Å². The van der Waals surface area contributed by atoms with Gasteiger partial charge in [-0.15, -0.1) is 11.3 Å². The fourth-order valence-corrected chi connectivity index (χ4v) is 5.96. The Balaban J connectivity index is 1.72. The first-order valence-corrected chi connectivity index (χ1v) is 12.7. The monoisotopic (exact) mass is 525 g/mol. The summed E-state index contributed by atoms with van der Waals surface area (Å²) >= 11 is 7.43. The van der Waals surface area contributed by atoms with Crippen molar-refractivity contribution in [3.8, 4) is 11.4 Å². The van der Waals surface area contributed by atoms with Gasteiger partial charge in [0.25, 0.3) is 5.56 Å². The lowest BCUT2D eigenvalue weighted by atomic mass is 10.1. The Hall–Kier alpha value is -3.56. The van der Waals surface area contributed by atoms with Gasteiger partial charge in [-0.1, -0.05) is 23.7 Å². The number of methoxy groups -OCH3 is 1. The summed E-state index contributed by atoms with van der Waals surface area (Å²) in [5.74, 6) is 0.679. The highest BCUT2D eigenvalue weighted by molar-refractivity contribution is 7.18. The van der Waals surface area contributed by atoms with Crippen molar-refractivity contribution in [3.05, 3.63) is 90.4 Å². The van der Waals surface area contributed by atoms with E-state index in [2.05, 4.69) is 0 Å². The highest BCUT2D eigenvalue weighted by Crippen LogP contribution is 2.34. The van der Waals surface area contributed by atoms with Gasteiger partial charge in [-0.05, 0) is 60.9 Å². The predicted molar refractivity (Wildman–Crippen MR) is 140 cm³/mol. The molecule has 5 rings (SSSR count). The van der Waals surface area contributed by atoms with Crippen LogP contribution in [0.3, 0.4) is 0 Å². The fraction of sp³-hybridized carbons (Fsp3) is 0.269. The molecular formula is C26H24ClN3O5S. The number of aromatic nitrogens is 2. The number of carbonyl (C=O) groups is 1. The van der Waals surface area contributed by atoms with Crippen molar-refractivity contribution in [1.82, 2.24) is 14.0 Å². The van der Waals surface area contributed by atoms with E-state index in [0.29, 0.717) is 52.8 Å². The highest BCUT2D eigenvalue weighted by atomic mass is 35.5. The number of benzene rings is 2. The zero-order valence-corrected chi connectivity index (χ0v) is 21.4. The second-order valence-corrected chi connectivity index (χ2v) is 9.91. The standard InChI is InChI=1S/C26H24ClN3O5S/c1-3-35-26(33)28-12-11-20-21(15-28)36-24-22(20)23(31)30(18-9-7-17(27)8-10-18)25(32)29(24)14-16-5-4-6-19(13-16)34-2/h4-10,13H,3,11-12,14-15H2,1-2H3. The zero-order valence-electron chi connectivity index (χ0n) is 19.8. The fourth-order valence-electron chi connectivity index (χ4n) is 4.49. The third kappa shape index (κ3) is 4.29. The van der Waals surface area contributed by atoms with Gasteiger partial charge < -0.3 is 14.4 Å². The molecule has 0 aliphatic carbocycles. The number of hydrogen-bond acceptors (Lipinski definition) is 6. The summed E-state index contributed by atoms with van der Waals surface area (Å²) in [6.45, 7) is 3.08. The largest absolute Gasteiger partial charge is 0.497 e. The summed E-state index contributed by atoms with van der Waals surface area (Å²) in [6.07, 6.45) is 0.120. The van der Waals surface area contributed by atoms with Crippen molar-refractivity contribution in [2.45, 2.75) is 26.4 Å². The maximum absolute atomic E-state index is 13.8. The lowest BCUT2D eigenvalue weighted by Crippen LogP contribution is -2.39. The summed E-state index contributed by atoms with van der Waals surface area (Å²) in [5, 5.41) is 1.02. The van der Waals surface area contributed by atoms with Crippen LogP contribution in [0.4, 0.5) is 4.79 Å². The van der Waals surface area contributed by atoms with Crippen molar-refractivity contribution >= 4 is 39.2 Å². The van der Waals surface area contributed by atoms with Crippen LogP contribution in [-0.4, -0.2) is 40.4 Å². The molecule has 0 saturated carbocycles. The molecule has 3 heterocycles. The van der Waals surface area contributed by atoms with Crippen LogP contribution in [0, 0.1) is 0 Å². The van der Waals surface area contributed by atoms with E-state index in [4.69, 9.17) is 21.1 Å². The molecule has 0 fully saturated rings. The van der Waals surface area contributed by atoms with Gasteiger partial charge in [0.1, 0.15) is 10.6 Å². The number of thiophene rings is 1. The van der Waals surface area contributed by atoms with Crippen LogP contribution in [0.5, 0.6) is 5.75 Å². The van der Waals surface area contributed by atoms with Gasteiger partial charge in [0.2, 0.25) is 0 Å². The SMILES string of the molecule is CCOC(=O)N1CCc2c(sc3c2c(=O)n(-c2ccc(Cl)cc2)c(=O)n3Cc2cccc(OC)c2)C1. The lowest BCUT2D eigenvalue weighted by molar-refractivity contribution is 0.103. The molecule has 2 aromatic heterocycles. The molecule has 10 heteroatoms. The van der Waals surface area contributed by atoms with E-state index in [1.54, 1.807) is 47.8 Å². The van der Waals surface area contributed by atoms with Crippen molar-refractivity contribution in [2.24, 2.45) is 0 Å². The Bertz CT molecular complexity index is 1570.